The summed E-state index contributed by atoms with van der Waals surface area (Å²) in [4.78, 5) is 9.41. The van der Waals surface area contributed by atoms with E-state index >= 15 is 0 Å². The van der Waals surface area contributed by atoms with Crippen LogP contribution in [0.25, 0.3) is 10.2 Å². The maximum Gasteiger partial charge on any atom is 0.223 e. The Kier molecular flexibility index (Phi) is 4.33. The summed E-state index contributed by atoms with van der Waals surface area (Å²) in [5, 5.41) is 6.42. The van der Waals surface area contributed by atoms with Crippen molar-refractivity contribution in [2.24, 2.45) is 0 Å². The molecule has 1 atom stereocenters. The van der Waals surface area contributed by atoms with Crippen molar-refractivity contribution in [1.82, 2.24) is 9.97 Å². The molecule has 0 saturated carbocycles. The van der Waals surface area contributed by atoms with E-state index in [-0.39, 0.29) is 6.04 Å². The lowest BCUT2D eigenvalue weighted by atomic mass is 10.2. The largest absolute Gasteiger partial charge is 0.383 e. The van der Waals surface area contributed by atoms with Crippen LogP contribution in [0.15, 0.2) is 11.4 Å². The van der Waals surface area contributed by atoms with Crippen LogP contribution >= 0.6 is 11.3 Å². The highest BCUT2D eigenvalue weighted by molar-refractivity contribution is 7.16. The number of nitrogens with two attached hydrogens (primary N) is 1. The van der Waals surface area contributed by atoms with Crippen LogP contribution in [0.4, 0.5) is 11.8 Å². The van der Waals surface area contributed by atoms with E-state index in [4.69, 9.17) is 10.5 Å². The highest BCUT2D eigenvalue weighted by atomic mass is 32.1. The first-order valence-corrected chi connectivity index (χ1v) is 6.88. The summed E-state index contributed by atoms with van der Waals surface area (Å²) >= 11 is 1.57. The zero-order valence-corrected chi connectivity index (χ0v) is 11.5. The lowest BCUT2D eigenvalue weighted by molar-refractivity contribution is 0.182. The maximum absolute atomic E-state index is 5.72. The third kappa shape index (κ3) is 2.88. The number of rotatable bonds is 6. The van der Waals surface area contributed by atoms with Gasteiger partial charge in [0.2, 0.25) is 5.95 Å². The van der Waals surface area contributed by atoms with Gasteiger partial charge in [0.25, 0.3) is 0 Å². The Balaban J connectivity index is 2.26. The number of fused-ring (bicyclic) bond motifs is 1. The van der Waals surface area contributed by atoms with Crippen molar-refractivity contribution in [2.45, 2.75) is 25.8 Å². The molecule has 0 amide bonds. The average molecular weight is 266 g/mol. The molecule has 0 aromatic carbocycles. The molecule has 0 bridgehead atoms. The lowest BCUT2D eigenvalue weighted by Crippen LogP contribution is -2.25. The van der Waals surface area contributed by atoms with Crippen LogP contribution in [0.1, 0.15) is 19.8 Å². The van der Waals surface area contributed by atoms with Crippen molar-refractivity contribution in [3.8, 4) is 0 Å². The molecular formula is C12H18N4OS. The maximum atomic E-state index is 5.72. The molecule has 2 heterocycles. The summed E-state index contributed by atoms with van der Waals surface area (Å²) in [6, 6.07) is 2.26. The summed E-state index contributed by atoms with van der Waals surface area (Å²) in [6.07, 6.45) is 2.12. The van der Waals surface area contributed by atoms with Crippen LogP contribution in [-0.2, 0) is 4.74 Å². The monoisotopic (exact) mass is 266 g/mol. The van der Waals surface area contributed by atoms with E-state index in [1.165, 1.54) is 0 Å². The van der Waals surface area contributed by atoms with Crippen molar-refractivity contribution >= 4 is 33.3 Å². The van der Waals surface area contributed by atoms with Crippen LogP contribution in [0.2, 0.25) is 0 Å². The van der Waals surface area contributed by atoms with Crippen LogP contribution < -0.4 is 11.1 Å². The topological polar surface area (TPSA) is 73.1 Å². The Morgan fingerprint density at radius 3 is 3.06 bits per heavy atom. The van der Waals surface area contributed by atoms with Gasteiger partial charge in [0.1, 0.15) is 10.6 Å². The van der Waals surface area contributed by atoms with E-state index in [1.807, 2.05) is 11.4 Å². The molecule has 0 saturated heterocycles. The van der Waals surface area contributed by atoms with Gasteiger partial charge in [-0.2, -0.15) is 4.98 Å². The van der Waals surface area contributed by atoms with Gasteiger partial charge in [-0.1, -0.05) is 13.3 Å². The van der Waals surface area contributed by atoms with Gasteiger partial charge in [0.05, 0.1) is 18.0 Å². The number of ether oxygens (including phenoxy) is 1. The molecule has 18 heavy (non-hydrogen) atoms. The quantitative estimate of drug-likeness (QED) is 0.840. The first-order valence-electron chi connectivity index (χ1n) is 6.00. The molecule has 98 valence electrons. The third-order valence-corrected chi connectivity index (χ3v) is 3.49. The number of nitrogens with zero attached hydrogens (tertiary/aromatic N) is 2. The molecule has 2 rings (SSSR count). The van der Waals surface area contributed by atoms with Crippen molar-refractivity contribution < 1.29 is 4.74 Å². The number of nitrogen functional groups attached to an aromatic ring is 1. The standard InChI is InChI=1S/C12H18N4OS/c1-3-4-8(7-17-2)14-10-9-5-6-18-11(9)16-12(13)15-10/h5-6,8H,3-4,7H2,1-2H3,(H3,13,14,15,16). The molecule has 2 aromatic heterocycles. The van der Waals surface area contributed by atoms with Crippen molar-refractivity contribution in [2.75, 3.05) is 24.8 Å². The van der Waals surface area contributed by atoms with E-state index in [0.717, 1.165) is 28.9 Å². The van der Waals surface area contributed by atoms with Crippen LogP contribution in [0, 0.1) is 0 Å². The second kappa shape index (κ2) is 5.97. The molecule has 1 unspecified atom stereocenters. The summed E-state index contributed by atoms with van der Waals surface area (Å²) in [6.45, 7) is 2.81. The molecule has 5 nitrogen and oxygen atoms in total. The van der Waals surface area contributed by atoms with Gasteiger partial charge in [-0.15, -0.1) is 11.3 Å². The van der Waals surface area contributed by atoms with Crippen LogP contribution in [0.5, 0.6) is 0 Å². The predicted octanol–water partition coefficient (Wildman–Crippen LogP) is 2.50. The van der Waals surface area contributed by atoms with Crippen LogP contribution in [0.3, 0.4) is 0 Å². The number of methoxy groups -OCH3 is 1. The molecule has 0 aliphatic rings. The van der Waals surface area contributed by atoms with Crippen LogP contribution in [-0.4, -0.2) is 29.7 Å². The number of aromatic nitrogens is 2. The molecule has 0 spiro atoms. The van der Waals surface area contributed by atoms with E-state index in [0.29, 0.717) is 12.6 Å². The Labute approximate surface area is 110 Å². The van der Waals surface area contributed by atoms with Gasteiger partial charge in [0.15, 0.2) is 0 Å². The molecule has 6 heteroatoms. The minimum absolute atomic E-state index is 0.248. The number of thiophene rings is 1. The number of hydrogen-bond acceptors (Lipinski definition) is 6. The summed E-state index contributed by atoms with van der Waals surface area (Å²) in [5.41, 5.74) is 5.72. The fraction of sp³-hybridized carbons (Fsp3) is 0.500. The first-order chi connectivity index (χ1) is 8.74. The van der Waals surface area contributed by atoms with E-state index < -0.39 is 0 Å². The fourth-order valence-electron chi connectivity index (χ4n) is 1.92. The lowest BCUT2D eigenvalue weighted by Gasteiger charge is -2.18. The van der Waals surface area contributed by atoms with Gasteiger partial charge in [-0.25, -0.2) is 4.98 Å². The smallest absolute Gasteiger partial charge is 0.223 e. The molecule has 0 aliphatic heterocycles. The van der Waals surface area contributed by atoms with E-state index in [2.05, 4.69) is 22.2 Å². The molecule has 0 radical (unpaired) electrons. The predicted molar refractivity (Wildman–Crippen MR) is 76.0 cm³/mol. The van der Waals surface area contributed by atoms with Gasteiger partial charge >= 0.3 is 0 Å². The zero-order valence-electron chi connectivity index (χ0n) is 10.6. The average Bonchev–Trinajstić information content (AvgIpc) is 2.77. The Morgan fingerprint density at radius 1 is 1.50 bits per heavy atom. The highest BCUT2D eigenvalue weighted by Crippen LogP contribution is 2.26. The van der Waals surface area contributed by atoms with Crippen molar-refractivity contribution in [3.63, 3.8) is 0 Å². The summed E-state index contributed by atoms with van der Waals surface area (Å²) in [7, 11) is 1.71. The first kappa shape index (κ1) is 13.0. The molecular weight excluding hydrogens is 248 g/mol. The molecule has 3 N–H and O–H groups in total. The molecule has 0 aliphatic carbocycles. The summed E-state index contributed by atoms with van der Waals surface area (Å²) in [5.74, 6) is 1.11. The zero-order chi connectivity index (χ0) is 13.0. The molecule has 0 fully saturated rings. The Hall–Kier alpha value is -1.40. The van der Waals surface area contributed by atoms with Gasteiger partial charge < -0.3 is 15.8 Å². The van der Waals surface area contributed by atoms with Crippen molar-refractivity contribution in [1.29, 1.82) is 0 Å². The van der Waals surface area contributed by atoms with E-state index in [1.54, 1.807) is 18.4 Å². The number of nitrogens with one attached hydrogen (secondary N) is 1. The second-order valence-corrected chi connectivity index (χ2v) is 5.05. The molecule has 2 aromatic rings. The van der Waals surface area contributed by atoms with Gasteiger partial charge in [-0.05, 0) is 17.9 Å². The fourth-order valence-corrected chi connectivity index (χ4v) is 2.69. The third-order valence-electron chi connectivity index (χ3n) is 2.69. The van der Waals surface area contributed by atoms with Gasteiger partial charge in [0, 0.05) is 7.11 Å². The van der Waals surface area contributed by atoms with Crippen molar-refractivity contribution in [3.05, 3.63) is 11.4 Å². The normalized spacial score (nSPS) is 12.8. The number of anilines is 2. The summed E-state index contributed by atoms with van der Waals surface area (Å²) < 4.78 is 5.22. The second-order valence-electron chi connectivity index (χ2n) is 4.16. The Bertz CT molecular complexity index is 508. The Morgan fingerprint density at radius 2 is 2.33 bits per heavy atom. The number of hydrogen-bond donors (Lipinski definition) is 2. The highest BCUT2D eigenvalue weighted by Gasteiger charge is 2.12. The minimum Gasteiger partial charge on any atom is -0.383 e. The minimum atomic E-state index is 0.248. The van der Waals surface area contributed by atoms with E-state index in [9.17, 15) is 0 Å². The van der Waals surface area contributed by atoms with Gasteiger partial charge in [-0.3, -0.25) is 0 Å². The SMILES string of the molecule is CCCC(COC)Nc1nc(N)nc2sccc12.